The molecule has 1 amide bonds. The van der Waals surface area contributed by atoms with Crippen LogP contribution in [0.25, 0.3) is 0 Å². The zero-order valence-corrected chi connectivity index (χ0v) is 8.94. The SMILES string of the molecule is C[C@@H](Cl)C(=O)NC1CCCCCC1. The van der Waals surface area contributed by atoms with Crippen LogP contribution >= 0.6 is 11.6 Å². The maximum absolute atomic E-state index is 11.3. The lowest BCUT2D eigenvalue weighted by Crippen LogP contribution is -2.38. The standard InChI is InChI=1S/C10H18ClNO/c1-8(11)10(13)12-9-6-4-2-3-5-7-9/h8-9H,2-7H2,1H3,(H,12,13)/t8-/m1/s1. The molecule has 0 bridgehead atoms. The van der Waals surface area contributed by atoms with E-state index in [0.717, 1.165) is 12.8 Å². The van der Waals surface area contributed by atoms with E-state index in [9.17, 15) is 4.79 Å². The molecule has 13 heavy (non-hydrogen) atoms. The van der Waals surface area contributed by atoms with Crippen LogP contribution in [0.5, 0.6) is 0 Å². The lowest BCUT2D eigenvalue weighted by atomic mass is 10.1. The maximum atomic E-state index is 11.3. The normalized spacial score (nSPS) is 22.0. The van der Waals surface area contributed by atoms with E-state index < -0.39 is 5.38 Å². The summed E-state index contributed by atoms with van der Waals surface area (Å²) >= 11 is 5.68. The molecule has 1 aliphatic rings. The molecule has 0 aromatic carbocycles. The second-order valence-electron chi connectivity index (χ2n) is 3.81. The molecule has 0 aromatic rings. The van der Waals surface area contributed by atoms with Gasteiger partial charge in [0.1, 0.15) is 5.38 Å². The molecule has 0 spiro atoms. The topological polar surface area (TPSA) is 29.1 Å². The Balaban J connectivity index is 2.29. The molecule has 1 saturated carbocycles. The fourth-order valence-corrected chi connectivity index (χ4v) is 1.80. The predicted molar refractivity (Wildman–Crippen MR) is 54.9 cm³/mol. The fourth-order valence-electron chi connectivity index (χ4n) is 1.74. The summed E-state index contributed by atoms with van der Waals surface area (Å²) < 4.78 is 0. The van der Waals surface area contributed by atoms with Gasteiger partial charge in [-0.2, -0.15) is 0 Å². The van der Waals surface area contributed by atoms with E-state index in [-0.39, 0.29) is 5.91 Å². The molecule has 0 radical (unpaired) electrons. The number of carbonyl (C=O) groups excluding carboxylic acids is 1. The molecule has 0 unspecified atom stereocenters. The molecule has 1 aliphatic carbocycles. The fraction of sp³-hybridized carbons (Fsp3) is 0.900. The highest BCUT2D eigenvalue weighted by Gasteiger charge is 2.16. The first kappa shape index (κ1) is 10.8. The first-order valence-corrected chi connectivity index (χ1v) is 5.58. The van der Waals surface area contributed by atoms with Gasteiger partial charge < -0.3 is 5.32 Å². The third-order valence-electron chi connectivity index (χ3n) is 2.56. The van der Waals surface area contributed by atoms with Crippen LogP contribution in [0.2, 0.25) is 0 Å². The summed E-state index contributed by atoms with van der Waals surface area (Å²) in [4.78, 5) is 11.3. The molecule has 0 saturated heterocycles. The number of halogens is 1. The first-order valence-electron chi connectivity index (χ1n) is 5.14. The van der Waals surface area contributed by atoms with Crippen LogP contribution < -0.4 is 5.32 Å². The quantitative estimate of drug-likeness (QED) is 0.542. The van der Waals surface area contributed by atoms with Gasteiger partial charge in [-0.3, -0.25) is 4.79 Å². The van der Waals surface area contributed by atoms with Gasteiger partial charge in [0.05, 0.1) is 0 Å². The van der Waals surface area contributed by atoms with Crippen LogP contribution in [0, 0.1) is 0 Å². The number of nitrogens with one attached hydrogen (secondary N) is 1. The van der Waals surface area contributed by atoms with Crippen LogP contribution in [-0.2, 0) is 4.79 Å². The van der Waals surface area contributed by atoms with Crippen molar-refractivity contribution in [1.29, 1.82) is 0 Å². The molecular formula is C10H18ClNO. The third kappa shape index (κ3) is 3.99. The van der Waals surface area contributed by atoms with Gasteiger partial charge in [-0.05, 0) is 19.8 Å². The highest BCUT2D eigenvalue weighted by molar-refractivity contribution is 6.30. The highest BCUT2D eigenvalue weighted by atomic mass is 35.5. The van der Waals surface area contributed by atoms with Gasteiger partial charge in [0.15, 0.2) is 0 Å². The summed E-state index contributed by atoms with van der Waals surface area (Å²) in [6.45, 7) is 1.72. The molecule has 1 fully saturated rings. The van der Waals surface area contributed by atoms with Gasteiger partial charge in [0.25, 0.3) is 0 Å². The van der Waals surface area contributed by atoms with Crippen molar-refractivity contribution < 1.29 is 4.79 Å². The lowest BCUT2D eigenvalue weighted by molar-refractivity contribution is -0.121. The molecule has 1 atom stereocenters. The Morgan fingerprint density at radius 1 is 1.31 bits per heavy atom. The monoisotopic (exact) mass is 203 g/mol. The molecule has 0 aliphatic heterocycles. The number of hydrogen-bond donors (Lipinski definition) is 1. The summed E-state index contributed by atoms with van der Waals surface area (Å²) in [5.41, 5.74) is 0. The molecule has 0 aromatic heterocycles. The second-order valence-corrected chi connectivity index (χ2v) is 4.47. The largest absolute Gasteiger partial charge is 0.352 e. The zero-order chi connectivity index (χ0) is 9.68. The van der Waals surface area contributed by atoms with Crippen molar-refractivity contribution in [1.82, 2.24) is 5.32 Å². The van der Waals surface area contributed by atoms with Crippen molar-refractivity contribution in [3.63, 3.8) is 0 Å². The Morgan fingerprint density at radius 3 is 2.31 bits per heavy atom. The summed E-state index contributed by atoms with van der Waals surface area (Å²) in [7, 11) is 0. The number of alkyl halides is 1. The summed E-state index contributed by atoms with van der Waals surface area (Å²) in [6.07, 6.45) is 7.33. The predicted octanol–water partition coefficient (Wildman–Crippen LogP) is 2.45. The van der Waals surface area contributed by atoms with E-state index in [1.54, 1.807) is 6.92 Å². The average molecular weight is 204 g/mol. The van der Waals surface area contributed by atoms with Gasteiger partial charge in [0.2, 0.25) is 5.91 Å². The smallest absolute Gasteiger partial charge is 0.237 e. The minimum Gasteiger partial charge on any atom is -0.352 e. The molecule has 76 valence electrons. The Bertz CT molecular complexity index is 162. The zero-order valence-electron chi connectivity index (χ0n) is 8.18. The number of amides is 1. The molecule has 1 N–H and O–H groups in total. The van der Waals surface area contributed by atoms with Crippen molar-refractivity contribution >= 4 is 17.5 Å². The minimum absolute atomic E-state index is 0.0198. The van der Waals surface area contributed by atoms with E-state index in [1.165, 1.54) is 25.7 Å². The minimum atomic E-state index is -0.400. The van der Waals surface area contributed by atoms with Crippen molar-refractivity contribution in [2.24, 2.45) is 0 Å². The van der Waals surface area contributed by atoms with Crippen molar-refractivity contribution in [2.75, 3.05) is 0 Å². The molecule has 3 heteroatoms. The van der Waals surface area contributed by atoms with E-state index in [1.807, 2.05) is 0 Å². The van der Waals surface area contributed by atoms with Crippen LogP contribution in [-0.4, -0.2) is 17.3 Å². The third-order valence-corrected chi connectivity index (χ3v) is 2.76. The van der Waals surface area contributed by atoms with Gasteiger partial charge in [-0.25, -0.2) is 0 Å². The second kappa shape index (κ2) is 5.48. The summed E-state index contributed by atoms with van der Waals surface area (Å²) in [6, 6.07) is 0.371. The highest BCUT2D eigenvalue weighted by Crippen LogP contribution is 2.17. The Morgan fingerprint density at radius 2 is 1.85 bits per heavy atom. The number of hydrogen-bond acceptors (Lipinski definition) is 1. The van der Waals surface area contributed by atoms with Crippen LogP contribution in [0.3, 0.4) is 0 Å². The van der Waals surface area contributed by atoms with E-state index in [4.69, 9.17) is 11.6 Å². The Labute approximate surface area is 85.0 Å². The van der Waals surface area contributed by atoms with Crippen LogP contribution in [0.4, 0.5) is 0 Å². The summed E-state index contributed by atoms with van der Waals surface area (Å²) in [5, 5.41) is 2.59. The van der Waals surface area contributed by atoms with E-state index in [2.05, 4.69) is 5.32 Å². The maximum Gasteiger partial charge on any atom is 0.237 e. The molecule has 0 heterocycles. The van der Waals surface area contributed by atoms with Crippen LogP contribution in [0.15, 0.2) is 0 Å². The lowest BCUT2D eigenvalue weighted by Gasteiger charge is -2.16. The Kier molecular flexibility index (Phi) is 4.57. The number of carbonyl (C=O) groups is 1. The molecule has 1 rings (SSSR count). The van der Waals surface area contributed by atoms with Crippen molar-refractivity contribution in [3.05, 3.63) is 0 Å². The van der Waals surface area contributed by atoms with Gasteiger partial charge in [0, 0.05) is 6.04 Å². The van der Waals surface area contributed by atoms with E-state index in [0.29, 0.717) is 6.04 Å². The van der Waals surface area contributed by atoms with Crippen molar-refractivity contribution in [3.8, 4) is 0 Å². The molecule has 2 nitrogen and oxygen atoms in total. The average Bonchev–Trinajstić information content (AvgIpc) is 2.32. The summed E-state index contributed by atoms with van der Waals surface area (Å²) in [5.74, 6) is -0.0198. The van der Waals surface area contributed by atoms with Crippen molar-refractivity contribution in [2.45, 2.75) is 56.9 Å². The Hall–Kier alpha value is -0.240. The van der Waals surface area contributed by atoms with Crippen LogP contribution in [0.1, 0.15) is 45.4 Å². The van der Waals surface area contributed by atoms with Gasteiger partial charge >= 0.3 is 0 Å². The number of rotatable bonds is 2. The van der Waals surface area contributed by atoms with Gasteiger partial charge in [-0.1, -0.05) is 25.7 Å². The molecular weight excluding hydrogens is 186 g/mol. The van der Waals surface area contributed by atoms with E-state index >= 15 is 0 Å². The first-order chi connectivity index (χ1) is 6.20. The van der Waals surface area contributed by atoms with Gasteiger partial charge in [-0.15, -0.1) is 11.6 Å².